The number of carbonyl (C=O) groups excluding carboxylic acids is 2. The van der Waals surface area contributed by atoms with Crippen LogP contribution in [0.25, 0.3) is 21.8 Å². The Morgan fingerprint density at radius 2 is 1.73 bits per heavy atom. The van der Waals surface area contributed by atoms with Crippen molar-refractivity contribution in [2.45, 2.75) is 57.1 Å². The van der Waals surface area contributed by atoms with Crippen LogP contribution in [0.3, 0.4) is 0 Å². The first-order valence-corrected chi connectivity index (χ1v) is 19.2. The lowest BCUT2D eigenvalue weighted by Crippen LogP contribution is -2.51. The van der Waals surface area contributed by atoms with Crippen LogP contribution in [-0.2, 0) is 17.8 Å². The molecular formula is C42H47ClF2N6O5. The highest BCUT2D eigenvalue weighted by molar-refractivity contribution is 6.36. The average molecular weight is 789 g/mol. The molecule has 2 amide bonds. The molecule has 0 bridgehead atoms. The van der Waals surface area contributed by atoms with E-state index in [1.165, 1.54) is 29.1 Å². The molecule has 1 atom stereocenters. The Balaban J connectivity index is 1.04. The summed E-state index contributed by atoms with van der Waals surface area (Å²) in [5.74, 6) is -0.0831. The first-order valence-electron chi connectivity index (χ1n) is 18.9. The van der Waals surface area contributed by atoms with Crippen molar-refractivity contribution in [1.29, 1.82) is 0 Å². The molecule has 3 aromatic carbocycles. The molecular weight excluding hydrogens is 742 g/mol. The van der Waals surface area contributed by atoms with Crippen molar-refractivity contribution < 1.29 is 28.2 Å². The lowest BCUT2D eigenvalue weighted by Gasteiger charge is -2.39. The maximum absolute atomic E-state index is 14.0. The third-order valence-electron chi connectivity index (χ3n) is 10.3. The maximum atomic E-state index is 14.0. The monoisotopic (exact) mass is 788 g/mol. The predicted molar refractivity (Wildman–Crippen MR) is 212 cm³/mol. The number of halogens is 3. The summed E-state index contributed by atoms with van der Waals surface area (Å²) in [5.41, 5.74) is 0.389. The van der Waals surface area contributed by atoms with Crippen LogP contribution in [0.4, 0.5) is 8.78 Å². The molecule has 0 unspecified atom stereocenters. The normalized spacial score (nSPS) is 14.8. The number of likely N-dealkylation sites (tertiary alicyclic amines) is 1. The van der Waals surface area contributed by atoms with E-state index in [-0.39, 0.29) is 40.4 Å². The van der Waals surface area contributed by atoms with E-state index >= 15 is 0 Å². The Morgan fingerprint density at radius 1 is 1.00 bits per heavy atom. The largest absolute Gasteiger partial charge is 0.493 e. The van der Waals surface area contributed by atoms with Crippen molar-refractivity contribution in [1.82, 2.24) is 29.7 Å². The number of nitrogens with one attached hydrogen (secondary N) is 1. The molecule has 1 aliphatic heterocycles. The Kier molecular flexibility index (Phi) is 13.3. The number of alkyl halides is 2. The Hall–Kier alpha value is -4.98. The van der Waals surface area contributed by atoms with E-state index in [9.17, 15) is 28.3 Å². The van der Waals surface area contributed by atoms with Crippen molar-refractivity contribution in [2.75, 3.05) is 46.9 Å². The van der Waals surface area contributed by atoms with E-state index in [2.05, 4.69) is 20.2 Å². The van der Waals surface area contributed by atoms with E-state index in [4.69, 9.17) is 16.3 Å². The number of ether oxygens (including phenoxy) is 1. The van der Waals surface area contributed by atoms with Crippen LogP contribution >= 0.6 is 11.6 Å². The first-order chi connectivity index (χ1) is 26.9. The standard InChI is InChI=1S/C42H47ClF2N6O5/c1-49(2)18-7-21-56-31-12-14-33-36(24-31)48-27-51(41(33)54)26-42(55)15-19-50(20-16-42)40(53)30(22-28-8-4-3-5-9-28)10-6-17-46-39(52)29-11-13-32-35(23-29)47-25-34(37(32)43)38(44)45/h3-5,8-9,11-14,23-25,27,30,38,55H,6-7,10,15-22,26H2,1-2H3,(H,46,52)/t30-/m1/s1. The number of hydrogen-bond acceptors (Lipinski definition) is 8. The second-order valence-corrected chi connectivity index (χ2v) is 15.1. The summed E-state index contributed by atoms with van der Waals surface area (Å²) in [5, 5.41) is 15.2. The van der Waals surface area contributed by atoms with Crippen molar-refractivity contribution in [3.63, 3.8) is 0 Å². The van der Waals surface area contributed by atoms with Gasteiger partial charge < -0.3 is 25.0 Å². The van der Waals surface area contributed by atoms with Crippen molar-refractivity contribution >= 4 is 45.2 Å². The fraction of sp³-hybridized carbons (Fsp3) is 0.405. The number of hydrogen-bond donors (Lipinski definition) is 2. The minimum Gasteiger partial charge on any atom is -0.493 e. The molecule has 296 valence electrons. The molecule has 0 saturated carbocycles. The second-order valence-electron chi connectivity index (χ2n) is 14.8. The Labute approximate surface area is 329 Å². The van der Waals surface area contributed by atoms with Gasteiger partial charge >= 0.3 is 0 Å². The number of aliphatic hydroxyl groups is 1. The average Bonchev–Trinajstić information content (AvgIpc) is 3.19. The van der Waals surface area contributed by atoms with Gasteiger partial charge in [-0.1, -0.05) is 48.0 Å². The number of fused-ring (bicyclic) bond motifs is 2. The summed E-state index contributed by atoms with van der Waals surface area (Å²) in [6.45, 7) is 2.50. The van der Waals surface area contributed by atoms with Gasteiger partial charge in [-0.05, 0) is 82.4 Å². The van der Waals surface area contributed by atoms with Gasteiger partial charge in [0.25, 0.3) is 17.9 Å². The number of piperidine rings is 1. The highest BCUT2D eigenvalue weighted by Crippen LogP contribution is 2.32. The van der Waals surface area contributed by atoms with Gasteiger partial charge in [-0.3, -0.25) is 23.9 Å². The van der Waals surface area contributed by atoms with E-state index in [1.54, 1.807) is 23.1 Å². The van der Waals surface area contributed by atoms with Gasteiger partial charge in [0.1, 0.15) is 5.75 Å². The molecule has 1 aliphatic rings. The summed E-state index contributed by atoms with van der Waals surface area (Å²) in [7, 11) is 4.02. The van der Waals surface area contributed by atoms with Gasteiger partial charge in [0.15, 0.2) is 0 Å². The van der Waals surface area contributed by atoms with E-state index in [1.807, 2.05) is 44.4 Å². The van der Waals surface area contributed by atoms with Crippen LogP contribution in [0, 0.1) is 5.92 Å². The van der Waals surface area contributed by atoms with Crippen LogP contribution < -0.4 is 15.6 Å². The van der Waals surface area contributed by atoms with Gasteiger partial charge in [-0.25, -0.2) is 13.8 Å². The van der Waals surface area contributed by atoms with E-state index in [0.29, 0.717) is 91.5 Å². The van der Waals surface area contributed by atoms with E-state index in [0.717, 1.165) is 24.7 Å². The molecule has 0 spiro atoms. The summed E-state index contributed by atoms with van der Waals surface area (Å²) in [4.78, 5) is 52.8. The summed E-state index contributed by atoms with van der Waals surface area (Å²) >= 11 is 6.15. The molecule has 3 heterocycles. The highest BCUT2D eigenvalue weighted by Gasteiger charge is 2.36. The fourth-order valence-electron chi connectivity index (χ4n) is 7.12. The second kappa shape index (κ2) is 18.3. The number of aromatic nitrogens is 3. The third-order valence-corrected chi connectivity index (χ3v) is 10.7. The lowest BCUT2D eigenvalue weighted by atomic mass is 9.88. The highest BCUT2D eigenvalue weighted by atomic mass is 35.5. The van der Waals surface area contributed by atoms with Gasteiger partial charge in [-0.15, -0.1) is 0 Å². The molecule has 11 nitrogen and oxygen atoms in total. The number of carbonyl (C=O) groups is 2. The van der Waals surface area contributed by atoms with Crippen LogP contribution in [-0.4, -0.2) is 93.7 Å². The fourth-order valence-corrected chi connectivity index (χ4v) is 7.41. The van der Waals surface area contributed by atoms with Gasteiger partial charge in [-0.2, -0.15) is 0 Å². The molecule has 5 aromatic rings. The lowest BCUT2D eigenvalue weighted by molar-refractivity contribution is -0.140. The minimum atomic E-state index is -2.76. The van der Waals surface area contributed by atoms with Gasteiger partial charge in [0.05, 0.1) is 52.1 Å². The third kappa shape index (κ3) is 10.1. The van der Waals surface area contributed by atoms with Crippen molar-refractivity contribution in [3.05, 3.63) is 111 Å². The molecule has 0 radical (unpaired) electrons. The number of pyridine rings is 1. The number of amides is 2. The molecule has 2 N–H and O–H groups in total. The molecule has 1 saturated heterocycles. The molecule has 0 aliphatic carbocycles. The predicted octanol–water partition coefficient (Wildman–Crippen LogP) is 6.29. The van der Waals surface area contributed by atoms with Crippen LogP contribution in [0.2, 0.25) is 5.02 Å². The maximum Gasteiger partial charge on any atom is 0.266 e. The van der Waals surface area contributed by atoms with Crippen molar-refractivity contribution in [2.24, 2.45) is 5.92 Å². The first kappa shape index (κ1) is 40.7. The number of nitrogens with zero attached hydrogens (tertiary/aromatic N) is 5. The van der Waals surface area contributed by atoms with E-state index < -0.39 is 12.0 Å². The minimum absolute atomic E-state index is 0.0212. The molecule has 56 heavy (non-hydrogen) atoms. The Bertz CT molecular complexity index is 2210. The van der Waals surface area contributed by atoms with Crippen molar-refractivity contribution in [3.8, 4) is 5.75 Å². The summed E-state index contributed by atoms with van der Waals surface area (Å²) in [6, 6.07) is 19.5. The number of benzene rings is 3. The van der Waals surface area contributed by atoms with Gasteiger partial charge in [0, 0.05) is 55.3 Å². The summed E-state index contributed by atoms with van der Waals surface area (Å²) in [6.07, 6.45) is 2.76. The number of rotatable bonds is 16. The van der Waals surface area contributed by atoms with Crippen LogP contribution in [0.15, 0.2) is 84.0 Å². The van der Waals surface area contributed by atoms with Gasteiger partial charge in [0.2, 0.25) is 5.91 Å². The smallest absolute Gasteiger partial charge is 0.266 e. The van der Waals surface area contributed by atoms with Crippen LogP contribution in [0.5, 0.6) is 5.75 Å². The zero-order valence-electron chi connectivity index (χ0n) is 31.6. The molecule has 6 rings (SSSR count). The SMILES string of the molecule is CN(C)CCCOc1ccc2c(=O)n(CC3(O)CCN(C(=O)[C@H](CCCNC(=O)c4ccc5c(Cl)c(C(F)F)cnc5c4)Cc4ccccc4)CC3)cnc2c1. The quantitative estimate of drug-likeness (QED) is 0.112. The summed E-state index contributed by atoms with van der Waals surface area (Å²) < 4.78 is 33.8. The Morgan fingerprint density at radius 3 is 2.46 bits per heavy atom. The molecule has 14 heteroatoms. The zero-order chi connectivity index (χ0) is 39.8. The van der Waals surface area contributed by atoms with Crippen LogP contribution in [0.1, 0.15) is 60.0 Å². The molecule has 1 fully saturated rings. The zero-order valence-corrected chi connectivity index (χ0v) is 32.4. The molecule has 2 aromatic heterocycles. The topological polar surface area (TPSA) is 130 Å².